The number of pyridine rings is 1. The number of aryl methyl sites for hydroxylation is 1. The number of anilines is 1. The van der Waals surface area contributed by atoms with Gasteiger partial charge in [-0.05, 0) is 70.9 Å². The molecule has 9 heteroatoms. The third kappa shape index (κ3) is 7.54. The lowest BCUT2D eigenvalue weighted by molar-refractivity contribution is -0.155. The number of benzene rings is 2. The third-order valence-corrected chi connectivity index (χ3v) is 7.06. The van der Waals surface area contributed by atoms with Crippen LogP contribution in [0.1, 0.15) is 56.6 Å². The van der Waals surface area contributed by atoms with Crippen molar-refractivity contribution in [1.82, 2.24) is 15.2 Å². The van der Waals surface area contributed by atoms with Gasteiger partial charge in [-0.15, -0.1) is 0 Å². The van der Waals surface area contributed by atoms with Crippen molar-refractivity contribution in [2.45, 2.75) is 65.1 Å². The molecule has 2 unspecified atom stereocenters. The van der Waals surface area contributed by atoms with E-state index in [9.17, 15) is 14.4 Å². The first kappa shape index (κ1) is 29.8. The highest BCUT2D eigenvalue weighted by Gasteiger charge is 2.33. The highest BCUT2D eigenvalue weighted by atomic mass is 16.6. The van der Waals surface area contributed by atoms with Crippen molar-refractivity contribution in [2.75, 3.05) is 31.6 Å². The summed E-state index contributed by atoms with van der Waals surface area (Å²) in [5, 5.41) is 3.64. The molecule has 41 heavy (non-hydrogen) atoms. The molecular weight excluding hydrogens is 520 g/mol. The second kappa shape index (κ2) is 12.6. The maximum atomic E-state index is 13.8. The molecule has 0 bridgehead atoms. The second-order valence-corrected chi connectivity index (χ2v) is 11.5. The van der Waals surface area contributed by atoms with Gasteiger partial charge in [0.15, 0.2) is 0 Å². The molecule has 218 valence electrons. The van der Waals surface area contributed by atoms with E-state index >= 15 is 0 Å². The second-order valence-electron chi connectivity index (χ2n) is 11.5. The van der Waals surface area contributed by atoms with Crippen LogP contribution in [0.25, 0.3) is 10.9 Å². The number of rotatable bonds is 8. The Morgan fingerprint density at radius 1 is 1.07 bits per heavy atom. The normalized spacial score (nSPS) is 16.3. The zero-order valence-electron chi connectivity index (χ0n) is 24.8. The van der Waals surface area contributed by atoms with E-state index in [1.54, 1.807) is 37.8 Å². The molecule has 1 aliphatic heterocycles. The topological polar surface area (TPSA) is 101 Å². The molecule has 0 aliphatic carbocycles. The van der Waals surface area contributed by atoms with E-state index in [-0.39, 0.29) is 30.5 Å². The van der Waals surface area contributed by atoms with E-state index in [2.05, 4.69) is 47.2 Å². The van der Waals surface area contributed by atoms with Crippen LogP contribution in [0, 0.1) is 6.92 Å². The molecule has 1 aliphatic rings. The summed E-state index contributed by atoms with van der Waals surface area (Å²) >= 11 is 0. The fourth-order valence-electron chi connectivity index (χ4n) is 5.14. The largest absolute Gasteiger partial charge is 0.496 e. The fraction of sp³-hybridized carbons (Fsp3) is 0.438. The van der Waals surface area contributed by atoms with Crippen molar-refractivity contribution < 1.29 is 23.9 Å². The SMILES string of the molecule is COc1cc(C(=O)NC(CCC(=O)OC(C)(C)C)C(=O)N2CCN(c3cccc(C)c3)C(C)C2)nc2ccccc12. The number of hydrogen-bond donors (Lipinski definition) is 1. The zero-order chi connectivity index (χ0) is 29.7. The van der Waals surface area contributed by atoms with Gasteiger partial charge in [-0.1, -0.05) is 24.3 Å². The summed E-state index contributed by atoms with van der Waals surface area (Å²) in [7, 11) is 1.54. The van der Waals surface area contributed by atoms with E-state index in [1.165, 1.54) is 12.7 Å². The van der Waals surface area contributed by atoms with Crippen molar-refractivity contribution in [2.24, 2.45) is 0 Å². The lowest BCUT2D eigenvalue weighted by Crippen LogP contribution is -2.58. The number of esters is 1. The van der Waals surface area contributed by atoms with Crippen LogP contribution in [0.5, 0.6) is 5.75 Å². The first-order valence-corrected chi connectivity index (χ1v) is 14.0. The van der Waals surface area contributed by atoms with Gasteiger partial charge < -0.3 is 24.6 Å². The molecule has 2 aromatic carbocycles. The monoisotopic (exact) mass is 560 g/mol. The van der Waals surface area contributed by atoms with Crippen LogP contribution >= 0.6 is 0 Å². The maximum Gasteiger partial charge on any atom is 0.306 e. The molecule has 2 amide bonds. The van der Waals surface area contributed by atoms with Gasteiger partial charge in [0.2, 0.25) is 5.91 Å². The molecule has 9 nitrogen and oxygen atoms in total. The summed E-state index contributed by atoms with van der Waals surface area (Å²) in [6.07, 6.45) is 0.0952. The van der Waals surface area contributed by atoms with E-state index in [0.29, 0.717) is 30.9 Å². The lowest BCUT2D eigenvalue weighted by atomic mass is 10.1. The van der Waals surface area contributed by atoms with Gasteiger partial charge in [0.05, 0.1) is 12.6 Å². The number of ether oxygens (including phenoxy) is 2. The molecule has 3 aromatic rings. The van der Waals surface area contributed by atoms with Crippen molar-refractivity contribution in [1.29, 1.82) is 0 Å². The van der Waals surface area contributed by atoms with E-state index < -0.39 is 23.5 Å². The zero-order valence-corrected chi connectivity index (χ0v) is 24.8. The Morgan fingerprint density at radius 3 is 2.51 bits per heavy atom. The summed E-state index contributed by atoms with van der Waals surface area (Å²) in [6, 6.07) is 16.4. The number of para-hydroxylation sites is 1. The number of aromatic nitrogens is 1. The highest BCUT2D eigenvalue weighted by Crippen LogP contribution is 2.26. The van der Waals surface area contributed by atoms with Gasteiger partial charge >= 0.3 is 5.97 Å². The standard InChI is InChI=1S/C32H40N4O5/c1-21-10-9-11-23(18-21)36-17-16-35(20-22(36)2)31(39)26(14-15-29(37)41-32(3,4)5)34-30(38)27-19-28(40-6)24-12-7-8-13-25(24)33-27/h7-13,18-19,22,26H,14-17,20H2,1-6H3,(H,34,38). The quantitative estimate of drug-likeness (QED) is 0.405. The maximum absolute atomic E-state index is 13.8. The summed E-state index contributed by atoms with van der Waals surface area (Å²) in [6.45, 7) is 11.2. The minimum absolute atomic E-state index is 0.0127. The number of carbonyl (C=O) groups excluding carboxylic acids is 3. The summed E-state index contributed by atoms with van der Waals surface area (Å²) in [5.74, 6) is -0.653. The molecule has 1 saturated heterocycles. The Bertz CT molecular complexity index is 1420. The number of carbonyl (C=O) groups is 3. The van der Waals surface area contributed by atoms with Crippen molar-refractivity contribution in [3.8, 4) is 5.75 Å². The molecule has 4 rings (SSSR count). The van der Waals surface area contributed by atoms with Crippen LogP contribution in [0.2, 0.25) is 0 Å². The van der Waals surface area contributed by atoms with Gasteiger partial charge in [-0.25, -0.2) is 4.98 Å². The first-order valence-electron chi connectivity index (χ1n) is 14.0. The first-order chi connectivity index (χ1) is 19.4. The van der Waals surface area contributed by atoms with Crippen molar-refractivity contribution in [3.05, 3.63) is 65.9 Å². The van der Waals surface area contributed by atoms with E-state index in [0.717, 1.165) is 11.1 Å². The fourth-order valence-corrected chi connectivity index (χ4v) is 5.14. The van der Waals surface area contributed by atoms with E-state index in [4.69, 9.17) is 9.47 Å². The number of amides is 2. The molecule has 1 N–H and O–H groups in total. The average molecular weight is 561 g/mol. The lowest BCUT2D eigenvalue weighted by Gasteiger charge is -2.42. The number of nitrogens with one attached hydrogen (secondary N) is 1. The smallest absolute Gasteiger partial charge is 0.306 e. The number of hydrogen-bond acceptors (Lipinski definition) is 7. The molecule has 0 radical (unpaired) electrons. The summed E-state index contributed by atoms with van der Waals surface area (Å²) in [4.78, 5) is 48.4. The van der Waals surface area contributed by atoms with Crippen LogP contribution < -0.4 is 15.0 Å². The Hall–Kier alpha value is -4.14. The van der Waals surface area contributed by atoms with Gasteiger partial charge in [-0.2, -0.15) is 0 Å². The predicted octanol–water partition coefficient (Wildman–Crippen LogP) is 4.51. The Balaban J connectivity index is 1.53. The van der Waals surface area contributed by atoms with Gasteiger partial charge in [-0.3, -0.25) is 14.4 Å². The van der Waals surface area contributed by atoms with Gasteiger partial charge in [0, 0.05) is 49.2 Å². The number of nitrogens with zero attached hydrogens (tertiary/aromatic N) is 3. The van der Waals surface area contributed by atoms with Crippen LogP contribution in [0.3, 0.4) is 0 Å². The van der Waals surface area contributed by atoms with E-state index in [1.807, 2.05) is 24.3 Å². The number of piperazine rings is 1. The highest BCUT2D eigenvalue weighted by molar-refractivity contribution is 5.99. The van der Waals surface area contributed by atoms with Gasteiger partial charge in [0.25, 0.3) is 5.91 Å². The number of methoxy groups -OCH3 is 1. The van der Waals surface area contributed by atoms with Crippen LogP contribution in [0.4, 0.5) is 5.69 Å². The molecule has 0 saturated carbocycles. The van der Waals surface area contributed by atoms with Crippen molar-refractivity contribution in [3.63, 3.8) is 0 Å². The minimum atomic E-state index is -0.924. The molecule has 0 spiro atoms. The molecule has 2 heterocycles. The Labute approximate surface area is 241 Å². The van der Waals surface area contributed by atoms with Crippen LogP contribution in [-0.4, -0.2) is 72.1 Å². The Morgan fingerprint density at radius 2 is 1.83 bits per heavy atom. The van der Waals surface area contributed by atoms with Crippen LogP contribution in [-0.2, 0) is 14.3 Å². The Kier molecular flexibility index (Phi) is 9.15. The third-order valence-electron chi connectivity index (χ3n) is 7.06. The van der Waals surface area contributed by atoms with Crippen LogP contribution in [0.15, 0.2) is 54.6 Å². The molecule has 1 fully saturated rings. The molecule has 1 aromatic heterocycles. The summed E-state index contributed by atoms with van der Waals surface area (Å²) < 4.78 is 11.0. The molecule has 2 atom stereocenters. The van der Waals surface area contributed by atoms with Crippen molar-refractivity contribution >= 4 is 34.4 Å². The number of fused-ring (bicyclic) bond motifs is 1. The predicted molar refractivity (Wildman–Crippen MR) is 159 cm³/mol. The molecular formula is C32H40N4O5. The minimum Gasteiger partial charge on any atom is -0.496 e. The summed E-state index contributed by atoms with van der Waals surface area (Å²) in [5.41, 5.74) is 2.39. The average Bonchev–Trinajstić information content (AvgIpc) is 2.93. The van der Waals surface area contributed by atoms with Gasteiger partial charge in [0.1, 0.15) is 23.1 Å².